The number of benzene rings is 1. The maximum absolute atomic E-state index is 11.0. The minimum absolute atomic E-state index is 0.397. The fourth-order valence-corrected chi connectivity index (χ4v) is 1.82. The van der Waals surface area contributed by atoms with Crippen LogP contribution in [0.5, 0.6) is 0 Å². The molecule has 0 unspecified atom stereocenters. The van der Waals surface area contributed by atoms with Crippen molar-refractivity contribution in [1.29, 1.82) is 0 Å². The van der Waals surface area contributed by atoms with Crippen LogP contribution in [0.2, 0.25) is 0 Å². The Labute approximate surface area is 110 Å². The van der Waals surface area contributed by atoms with E-state index in [2.05, 4.69) is 57.8 Å². The maximum atomic E-state index is 11.0. The van der Waals surface area contributed by atoms with Crippen LogP contribution in [0.1, 0.15) is 39.2 Å². The van der Waals surface area contributed by atoms with Gasteiger partial charge in [-0.05, 0) is 37.5 Å². The Bertz CT molecular complexity index is 413. The first-order valence-electron chi connectivity index (χ1n) is 6.43. The number of anilines is 2. The summed E-state index contributed by atoms with van der Waals surface area (Å²) in [5, 5.41) is 0. The summed E-state index contributed by atoms with van der Waals surface area (Å²) in [6.45, 7) is 8.60. The summed E-state index contributed by atoms with van der Waals surface area (Å²) in [5.74, 6) is 0.460. The topological polar surface area (TPSA) is 23.6 Å². The van der Waals surface area contributed by atoms with Crippen molar-refractivity contribution in [1.82, 2.24) is 0 Å². The minimum atomic E-state index is 0.397. The summed E-state index contributed by atoms with van der Waals surface area (Å²) in [5.41, 5.74) is 3.30. The van der Waals surface area contributed by atoms with E-state index in [0.29, 0.717) is 12.0 Å². The van der Waals surface area contributed by atoms with Gasteiger partial charge in [0.25, 0.3) is 0 Å². The molecule has 3 nitrogen and oxygen atoms in total. The molecule has 0 aliphatic carbocycles. The Morgan fingerprint density at radius 3 is 2.11 bits per heavy atom. The highest BCUT2D eigenvalue weighted by atomic mass is 16.1. The van der Waals surface area contributed by atoms with Crippen LogP contribution in [-0.4, -0.2) is 26.5 Å². The second kappa shape index (κ2) is 5.89. The second-order valence-electron chi connectivity index (χ2n) is 5.32. The third-order valence-corrected chi connectivity index (χ3v) is 3.36. The zero-order valence-electron chi connectivity index (χ0n) is 12.3. The maximum Gasteiger partial charge on any atom is 0.213 e. The molecule has 1 rings (SSSR count). The first kappa shape index (κ1) is 14.6. The SMILES string of the molecule is CC(C)c1ccc(N(C)C(C)C)c(N(C)C=O)c1. The van der Waals surface area contributed by atoms with Gasteiger partial charge in [0.1, 0.15) is 0 Å². The minimum Gasteiger partial charge on any atom is -0.370 e. The normalized spacial score (nSPS) is 10.9. The highest BCUT2D eigenvalue weighted by Crippen LogP contribution is 2.32. The lowest BCUT2D eigenvalue weighted by molar-refractivity contribution is -0.107. The lowest BCUT2D eigenvalue weighted by Gasteiger charge is -2.29. The van der Waals surface area contributed by atoms with Gasteiger partial charge in [-0.25, -0.2) is 0 Å². The first-order valence-corrected chi connectivity index (χ1v) is 6.43. The van der Waals surface area contributed by atoms with Crippen molar-refractivity contribution in [2.45, 2.75) is 39.7 Å². The van der Waals surface area contributed by atoms with Crippen molar-refractivity contribution in [3.8, 4) is 0 Å². The van der Waals surface area contributed by atoms with Crippen LogP contribution < -0.4 is 9.80 Å². The molecule has 3 heteroatoms. The lowest BCUT2D eigenvalue weighted by atomic mass is 10.0. The monoisotopic (exact) mass is 248 g/mol. The molecule has 1 aromatic rings. The zero-order valence-corrected chi connectivity index (χ0v) is 12.3. The number of carbonyl (C=O) groups is 1. The fourth-order valence-electron chi connectivity index (χ4n) is 1.82. The highest BCUT2D eigenvalue weighted by molar-refractivity contribution is 5.84. The van der Waals surface area contributed by atoms with Gasteiger partial charge in [-0.1, -0.05) is 19.9 Å². The van der Waals surface area contributed by atoms with Gasteiger partial charge in [0.2, 0.25) is 6.41 Å². The van der Waals surface area contributed by atoms with Gasteiger partial charge in [0.15, 0.2) is 0 Å². The number of nitrogens with zero attached hydrogens (tertiary/aromatic N) is 2. The third-order valence-electron chi connectivity index (χ3n) is 3.36. The molecule has 0 heterocycles. The smallest absolute Gasteiger partial charge is 0.213 e. The van der Waals surface area contributed by atoms with Gasteiger partial charge in [-0.15, -0.1) is 0 Å². The van der Waals surface area contributed by atoms with Gasteiger partial charge in [0.05, 0.1) is 11.4 Å². The molecule has 0 atom stereocenters. The highest BCUT2D eigenvalue weighted by Gasteiger charge is 2.14. The third kappa shape index (κ3) is 3.03. The Hall–Kier alpha value is -1.51. The van der Waals surface area contributed by atoms with Crippen LogP contribution >= 0.6 is 0 Å². The number of hydrogen-bond donors (Lipinski definition) is 0. The Balaban J connectivity index is 3.29. The van der Waals surface area contributed by atoms with E-state index in [9.17, 15) is 4.79 Å². The van der Waals surface area contributed by atoms with Crippen molar-refractivity contribution in [2.24, 2.45) is 0 Å². The average molecular weight is 248 g/mol. The van der Waals surface area contributed by atoms with Crippen molar-refractivity contribution < 1.29 is 4.79 Å². The van der Waals surface area contributed by atoms with Crippen LogP contribution in [0.4, 0.5) is 11.4 Å². The molecule has 0 aliphatic rings. The number of carbonyl (C=O) groups excluding carboxylic acids is 1. The second-order valence-corrected chi connectivity index (χ2v) is 5.32. The van der Waals surface area contributed by atoms with E-state index in [1.165, 1.54) is 5.56 Å². The molecule has 0 bridgehead atoms. The molecular weight excluding hydrogens is 224 g/mol. The van der Waals surface area contributed by atoms with E-state index in [4.69, 9.17) is 0 Å². The molecule has 0 spiro atoms. The molecule has 1 amide bonds. The van der Waals surface area contributed by atoms with Crippen LogP contribution in [0, 0.1) is 0 Å². The quantitative estimate of drug-likeness (QED) is 0.747. The van der Waals surface area contributed by atoms with Crippen LogP contribution in [0.15, 0.2) is 18.2 Å². The first-order chi connectivity index (χ1) is 8.38. The molecule has 100 valence electrons. The molecule has 18 heavy (non-hydrogen) atoms. The molecule has 1 aromatic carbocycles. The standard InChI is InChI=1S/C15H24N2O/c1-11(2)13-7-8-14(17(6)12(3)4)15(9-13)16(5)10-18/h7-12H,1-6H3. The van der Waals surface area contributed by atoms with E-state index in [-0.39, 0.29) is 0 Å². The molecule has 0 saturated carbocycles. The number of rotatable bonds is 5. The molecule has 0 aromatic heterocycles. The van der Waals surface area contributed by atoms with Crippen LogP contribution in [0.3, 0.4) is 0 Å². The Kier molecular flexibility index (Phi) is 4.76. The number of hydrogen-bond acceptors (Lipinski definition) is 2. The summed E-state index contributed by atoms with van der Waals surface area (Å²) in [6.07, 6.45) is 0.858. The average Bonchev–Trinajstić information content (AvgIpc) is 2.35. The summed E-state index contributed by atoms with van der Waals surface area (Å²) in [7, 11) is 3.85. The summed E-state index contributed by atoms with van der Waals surface area (Å²) < 4.78 is 0. The lowest BCUT2D eigenvalue weighted by Crippen LogP contribution is -2.28. The van der Waals surface area contributed by atoms with Gasteiger partial charge < -0.3 is 9.80 Å². The van der Waals surface area contributed by atoms with Crippen LogP contribution in [0.25, 0.3) is 0 Å². The van der Waals surface area contributed by atoms with Crippen molar-refractivity contribution in [2.75, 3.05) is 23.9 Å². The van der Waals surface area contributed by atoms with E-state index < -0.39 is 0 Å². The zero-order chi connectivity index (χ0) is 13.9. The predicted molar refractivity (Wildman–Crippen MR) is 78.5 cm³/mol. The van der Waals surface area contributed by atoms with Crippen LogP contribution in [-0.2, 0) is 4.79 Å². The van der Waals surface area contributed by atoms with Crippen molar-refractivity contribution >= 4 is 17.8 Å². The Morgan fingerprint density at radius 2 is 1.67 bits per heavy atom. The van der Waals surface area contributed by atoms with Crippen molar-refractivity contribution in [3.63, 3.8) is 0 Å². The summed E-state index contributed by atoms with van der Waals surface area (Å²) >= 11 is 0. The van der Waals surface area contributed by atoms with Gasteiger partial charge in [-0.3, -0.25) is 4.79 Å². The molecule has 0 fully saturated rings. The Morgan fingerprint density at radius 1 is 1.06 bits per heavy atom. The van der Waals surface area contributed by atoms with Gasteiger partial charge >= 0.3 is 0 Å². The fraction of sp³-hybridized carbons (Fsp3) is 0.533. The van der Waals surface area contributed by atoms with E-state index in [1.807, 2.05) is 0 Å². The molecule has 0 radical (unpaired) electrons. The molecule has 0 aliphatic heterocycles. The van der Waals surface area contributed by atoms with E-state index in [1.54, 1.807) is 11.9 Å². The van der Waals surface area contributed by atoms with Gasteiger partial charge in [0, 0.05) is 20.1 Å². The molecule has 0 N–H and O–H groups in total. The molecular formula is C15H24N2O. The van der Waals surface area contributed by atoms with Gasteiger partial charge in [-0.2, -0.15) is 0 Å². The summed E-state index contributed by atoms with van der Waals surface area (Å²) in [4.78, 5) is 14.9. The number of amides is 1. The largest absolute Gasteiger partial charge is 0.370 e. The summed E-state index contributed by atoms with van der Waals surface area (Å²) in [6, 6.07) is 6.74. The van der Waals surface area contributed by atoms with E-state index >= 15 is 0 Å². The molecule has 0 saturated heterocycles. The van der Waals surface area contributed by atoms with E-state index in [0.717, 1.165) is 17.8 Å². The van der Waals surface area contributed by atoms with Crippen molar-refractivity contribution in [3.05, 3.63) is 23.8 Å². The predicted octanol–water partition coefficient (Wildman–Crippen LogP) is 3.25.